The number of hydrogen-bond donors (Lipinski definition) is 0. The van der Waals surface area contributed by atoms with E-state index in [0.717, 1.165) is 17.8 Å². The number of rotatable bonds is 15. The lowest BCUT2D eigenvalue weighted by Crippen LogP contribution is -1.95. The quantitative estimate of drug-likeness (QED) is 0.0940. The van der Waals surface area contributed by atoms with Gasteiger partial charge in [0.1, 0.15) is 0 Å². The number of benzene rings is 25. The van der Waals surface area contributed by atoms with Gasteiger partial charge < -0.3 is 13.7 Å². The molecule has 0 saturated carbocycles. The van der Waals surface area contributed by atoms with E-state index >= 15 is 0 Å². The van der Waals surface area contributed by atoms with E-state index in [1.54, 1.807) is 0 Å². The predicted octanol–water partition coefficient (Wildman–Crippen LogP) is 39.6. The smallest absolute Gasteiger partial charge is 0.0541 e. The molecule has 29 aromatic rings. The zero-order chi connectivity index (χ0) is 98.8. The Balaban J connectivity index is 0.000000110. The Morgan fingerprint density at radius 1 is 0.141 bits per heavy atom. The highest BCUT2D eigenvalue weighted by molar-refractivity contribution is 6.26. The summed E-state index contributed by atoms with van der Waals surface area (Å²) in [6, 6.07) is 201. The molecule has 0 aliphatic carbocycles. The van der Waals surface area contributed by atoms with Crippen LogP contribution in [0.25, 0.3) is 270 Å². The van der Waals surface area contributed by atoms with Crippen LogP contribution < -0.4 is 0 Å². The maximum atomic E-state index is 4.19. The summed E-state index contributed by atoms with van der Waals surface area (Å²) < 4.78 is 7.16. The maximum absolute atomic E-state index is 4.19. The third kappa shape index (κ3) is 15.8. The fourth-order valence-electron chi connectivity index (χ4n) is 23.7. The van der Waals surface area contributed by atoms with Gasteiger partial charge in [-0.2, -0.15) is 0 Å². The molecule has 0 unspecified atom stereocenters. The lowest BCUT2D eigenvalue weighted by molar-refractivity contribution is 1.14. The topological polar surface area (TPSA) is 27.7 Å². The van der Waals surface area contributed by atoms with Gasteiger partial charge in [-0.1, -0.05) is 456 Å². The number of aromatic nitrogens is 4. The zero-order valence-corrected chi connectivity index (χ0v) is 82.2. The van der Waals surface area contributed by atoms with Crippen LogP contribution in [0.4, 0.5) is 0 Å². The molecular formula is C145H98N4. The second-order valence-electron chi connectivity index (χ2n) is 38.8. The summed E-state index contributed by atoms with van der Waals surface area (Å²) in [5.41, 5.74) is 39.3. The first-order chi connectivity index (χ1) is 73.9. The van der Waals surface area contributed by atoms with Gasteiger partial charge in [-0.15, -0.1) is 0 Å². The summed E-state index contributed by atoms with van der Waals surface area (Å²) in [4.78, 5) is 4.19. The molecule has 4 nitrogen and oxygen atoms in total. The van der Waals surface area contributed by atoms with Crippen molar-refractivity contribution in [3.05, 3.63) is 570 Å². The molecule has 29 rings (SSSR count). The van der Waals surface area contributed by atoms with E-state index in [-0.39, 0.29) is 0 Å². The molecule has 0 N–H and O–H groups in total. The average molecular weight is 1900 g/mol. The van der Waals surface area contributed by atoms with Crippen LogP contribution in [0.1, 0.15) is 12.5 Å². The van der Waals surface area contributed by atoms with Crippen LogP contribution >= 0.6 is 0 Å². The number of pyridine rings is 1. The fraction of sp³-hybridized carbons (Fsp3) is 0.0138. The van der Waals surface area contributed by atoms with E-state index in [1.165, 1.54) is 264 Å². The van der Waals surface area contributed by atoms with Gasteiger partial charge in [0.15, 0.2) is 0 Å². The van der Waals surface area contributed by atoms with Crippen LogP contribution in [0.2, 0.25) is 0 Å². The fourth-order valence-corrected chi connectivity index (χ4v) is 23.7. The van der Waals surface area contributed by atoms with Crippen molar-refractivity contribution in [2.45, 2.75) is 13.3 Å². The second-order valence-corrected chi connectivity index (χ2v) is 38.8. The Kier molecular flexibility index (Phi) is 22.6. The summed E-state index contributed by atoms with van der Waals surface area (Å²) >= 11 is 0. The molecule has 0 aliphatic rings. The first-order valence-corrected chi connectivity index (χ1v) is 51.6. The molecule has 0 aliphatic heterocycles. The summed E-state index contributed by atoms with van der Waals surface area (Å²) in [6.07, 6.45) is 4.69. The highest BCUT2D eigenvalue weighted by Gasteiger charge is 2.26. The first kappa shape index (κ1) is 88.5. The highest BCUT2D eigenvalue weighted by Crippen LogP contribution is 2.52. The van der Waals surface area contributed by atoms with Gasteiger partial charge in [-0.25, -0.2) is 0 Å². The summed E-state index contributed by atoms with van der Waals surface area (Å²) in [7, 11) is 0. The molecule has 4 heteroatoms. The van der Waals surface area contributed by atoms with Crippen LogP contribution in [0.15, 0.2) is 564 Å². The van der Waals surface area contributed by atoms with Crippen LogP contribution in [0.5, 0.6) is 0 Å². The van der Waals surface area contributed by atoms with Crippen molar-refractivity contribution >= 4 is 130 Å². The summed E-state index contributed by atoms with van der Waals surface area (Å²) in [5.74, 6) is 0. The molecule has 0 radical (unpaired) electrons. The number of aryl methyl sites for hydroxylation is 1. The van der Waals surface area contributed by atoms with E-state index in [4.69, 9.17) is 0 Å². The number of hydrogen-bond acceptors (Lipinski definition) is 1. The number of para-hydroxylation sites is 6. The molecule has 149 heavy (non-hydrogen) atoms. The van der Waals surface area contributed by atoms with Gasteiger partial charge in [-0.05, 0) is 302 Å². The lowest BCUT2D eigenvalue weighted by atomic mass is 9.84. The van der Waals surface area contributed by atoms with Gasteiger partial charge in [0.25, 0.3) is 0 Å². The van der Waals surface area contributed by atoms with E-state index in [1.807, 2.05) is 12.4 Å². The van der Waals surface area contributed by atoms with Crippen molar-refractivity contribution < 1.29 is 0 Å². The molecule has 698 valence electrons. The van der Waals surface area contributed by atoms with Gasteiger partial charge in [0.2, 0.25) is 0 Å². The third-order valence-electron chi connectivity index (χ3n) is 30.5. The molecular weight excluding hydrogens is 1800 g/mol. The molecule has 0 atom stereocenters. The minimum atomic E-state index is 1.00. The van der Waals surface area contributed by atoms with Crippen LogP contribution in [-0.4, -0.2) is 18.7 Å². The minimum absolute atomic E-state index is 1.00. The van der Waals surface area contributed by atoms with Gasteiger partial charge in [-0.3, -0.25) is 4.98 Å². The van der Waals surface area contributed by atoms with E-state index in [9.17, 15) is 0 Å². The molecule has 25 aromatic carbocycles. The predicted molar refractivity (Wildman–Crippen MR) is 634 cm³/mol. The molecule has 4 aromatic heterocycles. The number of nitrogens with zero attached hydrogens (tertiary/aromatic N) is 4. The normalized spacial score (nSPS) is 11.6. The van der Waals surface area contributed by atoms with Crippen molar-refractivity contribution in [1.29, 1.82) is 0 Å². The highest BCUT2D eigenvalue weighted by atomic mass is 15.0. The first-order valence-electron chi connectivity index (χ1n) is 51.6. The van der Waals surface area contributed by atoms with Gasteiger partial charge >= 0.3 is 0 Å². The Morgan fingerprint density at radius 3 is 0.617 bits per heavy atom. The van der Waals surface area contributed by atoms with Crippen molar-refractivity contribution in [1.82, 2.24) is 18.7 Å². The van der Waals surface area contributed by atoms with Crippen molar-refractivity contribution in [3.63, 3.8) is 0 Å². The third-order valence-corrected chi connectivity index (χ3v) is 30.5. The zero-order valence-electron chi connectivity index (χ0n) is 82.2. The average Bonchev–Trinajstić information content (AvgIpc) is 1.67. The van der Waals surface area contributed by atoms with Gasteiger partial charge in [0, 0.05) is 61.8 Å². The minimum Gasteiger partial charge on any atom is -0.309 e. The van der Waals surface area contributed by atoms with E-state index in [0.29, 0.717) is 0 Å². The van der Waals surface area contributed by atoms with Crippen LogP contribution in [0, 0.1) is 0 Å². The van der Waals surface area contributed by atoms with E-state index < -0.39 is 0 Å². The van der Waals surface area contributed by atoms with Crippen LogP contribution in [-0.2, 0) is 6.42 Å². The van der Waals surface area contributed by atoms with Crippen LogP contribution in [0.3, 0.4) is 0 Å². The molecule has 4 heterocycles. The van der Waals surface area contributed by atoms with Crippen molar-refractivity contribution in [2.24, 2.45) is 0 Å². The Hall–Kier alpha value is -19.4. The molecule has 0 bridgehead atoms. The molecule has 0 amide bonds. The second kappa shape index (κ2) is 38.0. The summed E-state index contributed by atoms with van der Waals surface area (Å²) in [6.45, 7) is 2.24. The molecule has 0 fully saturated rings. The molecule has 0 saturated heterocycles. The SMILES string of the molecule is CCc1ccccc1-c1ccc2c(-c3ccc(-n4c5ccccc5c5ccccc54)cc3)c3ccccc3c(-c3ccccc3)c2c1.c1ccc(-c2c3ccccc3c(-c3ccc(-n4c5ccccc5c5ccccc54)cc3)c3ccc(-c4ccc(-c5ccncc5)cc4)cc23)cc1.c1ccc(-c2ccc(-c3ccc4c(-c5ccc(-n6c7ccccc7c7ccccc76)cc5)c5ccccc5c(-c5ccccc5)c4c3)cc2)cc1. The Morgan fingerprint density at radius 2 is 0.329 bits per heavy atom. The van der Waals surface area contributed by atoms with Crippen molar-refractivity contribution in [2.75, 3.05) is 0 Å². The molecule has 0 spiro atoms. The Labute approximate surface area is 865 Å². The largest absolute Gasteiger partial charge is 0.309 e. The van der Waals surface area contributed by atoms with Gasteiger partial charge in [0.05, 0.1) is 33.1 Å². The van der Waals surface area contributed by atoms with Crippen molar-refractivity contribution in [3.8, 4) is 139 Å². The number of fused-ring (bicyclic) bond motifs is 15. The lowest BCUT2D eigenvalue weighted by Gasteiger charge is -2.19. The standard InChI is InChI=1S/C50H33N.C49H32N2.C46H33N/c1-3-13-34(14-4-1)35-23-25-36(26-24-35)39-29-32-45-46(33-39)50(37-15-5-2-6-16-37)44-20-8-7-19-43(44)49(45)38-27-30-40(31-28-38)51-47-21-11-9-17-41(47)42-18-10-12-22-48(42)51;1-2-10-36(11-3-1)49-43-15-5-4-14-42(43)48(44-27-24-38(32-45(44)49)34-20-18-33(19-21-34)35-28-30-50-31-29-35)37-22-25-39(26-23-37)51-46-16-8-6-12-40(46)41-13-7-9-17-47(41)51;1-2-31-14-6-7-17-36(31)34-26-29-41-42(30-34)46(32-15-4-3-5-16-32)40-21-9-8-20-39(40)45(41)33-24-27-35(28-25-33)47-43-22-12-10-18-37(43)38-19-11-13-23-44(38)47/h1-33H;1-32H;3-30H,2H2,1H3. The van der Waals surface area contributed by atoms with E-state index in [2.05, 4.69) is 578 Å². The maximum Gasteiger partial charge on any atom is 0.0541 e. The summed E-state index contributed by atoms with van der Waals surface area (Å²) in [5, 5.41) is 22.8. The Bertz CT molecular complexity index is 9610. The monoisotopic (exact) mass is 1890 g/mol.